The Labute approximate surface area is 119 Å². The number of sulfonamides is 1. The summed E-state index contributed by atoms with van der Waals surface area (Å²) in [5, 5.41) is 0. The first-order valence-electron chi connectivity index (χ1n) is 6.48. The predicted molar refractivity (Wildman–Crippen MR) is 76.6 cm³/mol. The molecule has 114 valence electrons. The van der Waals surface area contributed by atoms with Crippen LogP contribution in [0, 0.1) is 11.7 Å². The van der Waals surface area contributed by atoms with Gasteiger partial charge in [-0.3, -0.25) is 0 Å². The molecule has 0 aromatic heterocycles. The number of anilines is 1. The number of hydrogen-bond donors (Lipinski definition) is 2. The Kier molecular flexibility index (Phi) is 5.76. The number of halogens is 1. The molecule has 0 spiro atoms. The summed E-state index contributed by atoms with van der Waals surface area (Å²) in [6.45, 7) is 4.31. The number of methoxy groups -OCH3 is 1. The lowest BCUT2D eigenvalue weighted by Crippen LogP contribution is -2.29. The summed E-state index contributed by atoms with van der Waals surface area (Å²) in [7, 11) is -2.50. The van der Waals surface area contributed by atoms with Crippen LogP contribution in [-0.4, -0.2) is 22.1 Å². The Morgan fingerprint density at radius 3 is 2.40 bits per heavy atom. The zero-order valence-electron chi connectivity index (χ0n) is 11.9. The summed E-state index contributed by atoms with van der Waals surface area (Å²) < 4.78 is 45.1. The molecule has 0 aliphatic carbocycles. The summed E-state index contributed by atoms with van der Waals surface area (Å²) >= 11 is 0. The molecule has 0 heterocycles. The second-order valence-corrected chi connectivity index (χ2v) is 6.33. The third-order valence-electron chi connectivity index (χ3n) is 3.28. The highest BCUT2D eigenvalue weighted by atomic mass is 32.2. The van der Waals surface area contributed by atoms with Crippen molar-refractivity contribution in [2.24, 2.45) is 5.92 Å². The number of nitrogen functional groups attached to an aromatic ring is 1. The monoisotopic (exact) mass is 304 g/mol. The van der Waals surface area contributed by atoms with E-state index in [9.17, 15) is 12.8 Å². The van der Waals surface area contributed by atoms with E-state index >= 15 is 0 Å². The van der Waals surface area contributed by atoms with Gasteiger partial charge in [0.25, 0.3) is 0 Å². The van der Waals surface area contributed by atoms with Gasteiger partial charge in [-0.2, -0.15) is 0 Å². The van der Waals surface area contributed by atoms with Crippen molar-refractivity contribution in [1.29, 1.82) is 0 Å². The standard InChI is InChI=1S/C13H21FN2O3S/c1-4-9(5-2)8-16-20(17,18)10-6-11(14)13(19-3)12(15)7-10/h6-7,9,16H,4-5,8,15H2,1-3H3. The lowest BCUT2D eigenvalue weighted by atomic mass is 10.0. The van der Waals surface area contributed by atoms with E-state index in [1.165, 1.54) is 13.2 Å². The largest absolute Gasteiger partial charge is 0.492 e. The molecule has 1 rings (SSSR count). The first-order valence-corrected chi connectivity index (χ1v) is 7.96. The fourth-order valence-corrected chi connectivity index (χ4v) is 3.01. The van der Waals surface area contributed by atoms with Crippen LogP contribution in [0.2, 0.25) is 0 Å². The van der Waals surface area contributed by atoms with Crippen molar-refractivity contribution in [3.05, 3.63) is 17.9 Å². The van der Waals surface area contributed by atoms with E-state index in [-0.39, 0.29) is 22.3 Å². The Balaban J connectivity index is 2.99. The quantitative estimate of drug-likeness (QED) is 0.756. The van der Waals surface area contributed by atoms with E-state index in [1.54, 1.807) is 0 Å². The second kappa shape index (κ2) is 6.90. The highest BCUT2D eigenvalue weighted by molar-refractivity contribution is 7.89. The van der Waals surface area contributed by atoms with E-state index in [4.69, 9.17) is 10.5 Å². The Hall–Kier alpha value is -1.34. The van der Waals surface area contributed by atoms with Gasteiger partial charge in [0.15, 0.2) is 11.6 Å². The first kappa shape index (κ1) is 16.7. The smallest absolute Gasteiger partial charge is 0.240 e. The van der Waals surface area contributed by atoms with Crippen LogP contribution in [0.5, 0.6) is 5.75 Å². The molecule has 1 aromatic carbocycles. The number of nitrogens with one attached hydrogen (secondary N) is 1. The van der Waals surface area contributed by atoms with Crippen molar-refractivity contribution in [3.8, 4) is 5.75 Å². The molecule has 0 saturated carbocycles. The van der Waals surface area contributed by atoms with Crippen molar-refractivity contribution in [3.63, 3.8) is 0 Å². The van der Waals surface area contributed by atoms with Gasteiger partial charge in [-0.1, -0.05) is 26.7 Å². The van der Waals surface area contributed by atoms with Crippen molar-refractivity contribution in [2.45, 2.75) is 31.6 Å². The average Bonchev–Trinajstić information content (AvgIpc) is 2.39. The van der Waals surface area contributed by atoms with Gasteiger partial charge in [-0.05, 0) is 18.1 Å². The highest BCUT2D eigenvalue weighted by Crippen LogP contribution is 2.28. The highest BCUT2D eigenvalue weighted by Gasteiger charge is 2.20. The third kappa shape index (κ3) is 3.83. The van der Waals surface area contributed by atoms with E-state index < -0.39 is 15.8 Å². The van der Waals surface area contributed by atoms with Gasteiger partial charge in [-0.15, -0.1) is 0 Å². The molecule has 7 heteroatoms. The zero-order valence-corrected chi connectivity index (χ0v) is 12.8. The minimum Gasteiger partial charge on any atom is -0.492 e. The molecular weight excluding hydrogens is 283 g/mol. The summed E-state index contributed by atoms with van der Waals surface area (Å²) in [5.74, 6) is -0.690. The molecule has 0 unspecified atom stereocenters. The minimum absolute atomic E-state index is 0.0459. The molecule has 1 aromatic rings. The molecule has 5 nitrogen and oxygen atoms in total. The summed E-state index contributed by atoms with van der Waals surface area (Å²) in [6, 6.07) is 2.10. The van der Waals surface area contributed by atoms with Crippen LogP contribution in [0.3, 0.4) is 0 Å². The van der Waals surface area contributed by atoms with Crippen LogP contribution in [-0.2, 0) is 10.0 Å². The van der Waals surface area contributed by atoms with E-state index in [0.717, 1.165) is 18.9 Å². The maximum absolute atomic E-state index is 13.7. The molecule has 3 N–H and O–H groups in total. The van der Waals surface area contributed by atoms with Gasteiger partial charge in [0.1, 0.15) is 0 Å². The Morgan fingerprint density at radius 1 is 1.35 bits per heavy atom. The molecule has 20 heavy (non-hydrogen) atoms. The van der Waals surface area contributed by atoms with Crippen molar-refractivity contribution in [1.82, 2.24) is 4.72 Å². The topological polar surface area (TPSA) is 81.4 Å². The maximum atomic E-state index is 13.7. The number of hydrogen-bond acceptors (Lipinski definition) is 4. The van der Waals surface area contributed by atoms with Gasteiger partial charge in [-0.25, -0.2) is 17.5 Å². The van der Waals surface area contributed by atoms with Crippen LogP contribution in [0.4, 0.5) is 10.1 Å². The van der Waals surface area contributed by atoms with E-state index in [1.807, 2.05) is 13.8 Å². The molecule has 0 radical (unpaired) electrons. The van der Waals surface area contributed by atoms with Crippen LogP contribution >= 0.6 is 0 Å². The number of rotatable bonds is 7. The summed E-state index contributed by atoms with van der Waals surface area (Å²) in [4.78, 5) is -0.195. The Bertz CT molecular complexity index is 534. The summed E-state index contributed by atoms with van der Waals surface area (Å²) in [6.07, 6.45) is 1.75. The molecule has 0 saturated heterocycles. The fourth-order valence-electron chi connectivity index (χ4n) is 1.85. The van der Waals surface area contributed by atoms with Crippen LogP contribution in [0.15, 0.2) is 17.0 Å². The zero-order chi connectivity index (χ0) is 15.3. The lowest BCUT2D eigenvalue weighted by molar-refractivity contribution is 0.388. The molecule has 0 fully saturated rings. The summed E-state index contributed by atoms with van der Waals surface area (Å²) in [5.41, 5.74) is 5.53. The fraction of sp³-hybridized carbons (Fsp3) is 0.538. The number of nitrogens with two attached hydrogens (primary N) is 1. The predicted octanol–water partition coefficient (Wildman–Crippen LogP) is 2.13. The van der Waals surface area contributed by atoms with Gasteiger partial charge in [0.2, 0.25) is 10.0 Å². The number of benzene rings is 1. The van der Waals surface area contributed by atoms with E-state index in [2.05, 4.69) is 4.72 Å². The average molecular weight is 304 g/mol. The number of ether oxygens (including phenoxy) is 1. The van der Waals surface area contributed by atoms with Crippen molar-refractivity contribution in [2.75, 3.05) is 19.4 Å². The van der Waals surface area contributed by atoms with Crippen molar-refractivity contribution < 1.29 is 17.5 Å². The normalized spacial score (nSPS) is 11.8. The van der Waals surface area contributed by atoms with Gasteiger partial charge < -0.3 is 10.5 Å². The molecule has 0 bridgehead atoms. The first-order chi connectivity index (χ1) is 9.35. The molecule has 0 amide bonds. The SMILES string of the molecule is CCC(CC)CNS(=O)(=O)c1cc(N)c(OC)c(F)c1. The van der Waals surface area contributed by atoms with Gasteiger partial charge in [0, 0.05) is 6.54 Å². The van der Waals surface area contributed by atoms with Crippen molar-refractivity contribution >= 4 is 15.7 Å². The molecule has 0 aliphatic heterocycles. The molecule has 0 atom stereocenters. The second-order valence-electron chi connectivity index (χ2n) is 4.56. The van der Waals surface area contributed by atoms with Gasteiger partial charge in [0.05, 0.1) is 17.7 Å². The Morgan fingerprint density at radius 2 is 1.95 bits per heavy atom. The van der Waals surface area contributed by atoms with Gasteiger partial charge >= 0.3 is 0 Å². The van der Waals surface area contributed by atoms with Crippen LogP contribution in [0.25, 0.3) is 0 Å². The lowest BCUT2D eigenvalue weighted by Gasteiger charge is -2.14. The van der Waals surface area contributed by atoms with Crippen LogP contribution in [0.1, 0.15) is 26.7 Å². The maximum Gasteiger partial charge on any atom is 0.240 e. The molecular formula is C13H21FN2O3S. The van der Waals surface area contributed by atoms with Crippen LogP contribution < -0.4 is 15.2 Å². The third-order valence-corrected chi connectivity index (χ3v) is 4.68. The van der Waals surface area contributed by atoms with E-state index in [0.29, 0.717) is 6.54 Å². The molecule has 0 aliphatic rings. The minimum atomic E-state index is -3.77.